The van der Waals surface area contributed by atoms with Gasteiger partial charge in [0, 0.05) is 31.5 Å². The summed E-state index contributed by atoms with van der Waals surface area (Å²) in [5.74, 6) is -3.59. The topological polar surface area (TPSA) is 548 Å². The number of nitrogens with two attached hydrogens (primary N) is 1. The van der Waals surface area contributed by atoms with Gasteiger partial charge in [-0.1, -0.05) is 26.1 Å². The second kappa shape index (κ2) is 32.0. The summed E-state index contributed by atoms with van der Waals surface area (Å²) >= 11 is 3.19. The minimum absolute atomic E-state index is 0.0502. The van der Waals surface area contributed by atoms with Crippen molar-refractivity contribution in [3.63, 3.8) is 0 Å². The largest absolute Gasteiger partial charge is 0.476 e. The number of carboxylic acid groups (broad SMARTS) is 1. The number of aryl methyl sites for hydroxylation is 5. The van der Waals surface area contributed by atoms with E-state index in [2.05, 4.69) is 76.0 Å². The molecule has 0 amide bonds. The summed E-state index contributed by atoms with van der Waals surface area (Å²) in [5.41, 5.74) is 8.46. The van der Waals surface area contributed by atoms with Crippen molar-refractivity contribution in [3.8, 4) is 0 Å². The fourth-order valence-corrected chi connectivity index (χ4v) is 6.86. The molecule has 2 saturated heterocycles. The highest BCUT2D eigenvalue weighted by atomic mass is 79.9. The van der Waals surface area contributed by atoms with Crippen molar-refractivity contribution in [2.45, 2.75) is 37.9 Å². The number of aliphatic hydroxyl groups is 1. The van der Waals surface area contributed by atoms with Gasteiger partial charge in [0.2, 0.25) is 0 Å². The lowest BCUT2D eigenvalue weighted by Gasteiger charge is -2.30. The molecule has 0 atom stereocenters. The number of carbonyl (C=O) groups excluding carboxylic acids is 2. The highest BCUT2D eigenvalue weighted by Crippen LogP contribution is 2.18. The van der Waals surface area contributed by atoms with E-state index in [9.17, 15) is 75.1 Å². The summed E-state index contributed by atoms with van der Waals surface area (Å²) in [6, 6.07) is 9.07. The number of hydrogen-bond acceptors (Lipinski definition) is 28. The molecule has 2 fully saturated rings. The third kappa shape index (κ3) is 20.5. The number of methoxy groups -OCH3 is 2. The number of nitro groups is 6. The normalized spacial score (nSPS) is 12.0. The van der Waals surface area contributed by atoms with Crippen LogP contribution in [-0.2, 0) is 69.7 Å². The van der Waals surface area contributed by atoms with Crippen molar-refractivity contribution < 1.29 is 63.6 Å². The molecule has 7 aromatic heterocycles. The van der Waals surface area contributed by atoms with Crippen molar-refractivity contribution in [1.29, 1.82) is 0 Å². The molecular weight excluding hydrogens is 1200 g/mol. The number of aromatic carboxylic acids is 1. The van der Waals surface area contributed by atoms with Crippen molar-refractivity contribution in [2.75, 3.05) is 46.1 Å². The van der Waals surface area contributed by atoms with Crippen LogP contribution in [-0.4, -0.2) is 177 Å². The molecule has 0 radical (unpaired) electrons. The molecule has 43 heteroatoms. The molecule has 0 bridgehead atoms. The second-order valence-electron chi connectivity index (χ2n) is 16.7. The minimum atomic E-state index is -1.30. The molecule has 2 aliphatic rings. The van der Waals surface area contributed by atoms with Crippen molar-refractivity contribution in [1.82, 2.24) is 79.1 Å². The average Bonchev–Trinajstić information content (AvgIpc) is 4.52. The van der Waals surface area contributed by atoms with Gasteiger partial charge >= 0.3 is 52.8 Å². The van der Waals surface area contributed by atoms with E-state index in [1.54, 1.807) is 31.9 Å². The van der Waals surface area contributed by atoms with Crippen LogP contribution in [0.3, 0.4) is 0 Å². The van der Waals surface area contributed by atoms with E-state index in [0.717, 1.165) is 60.4 Å². The Morgan fingerprint density at radius 3 is 1.21 bits per heavy atom. The van der Waals surface area contributed by atoms with Crippen LogP contribution in [0, 0.1) is 60.7 Å². The number of aromatic amines is 2. The second-order valence-corrected chi connectivity index (χ2v) is 17.3. The number of rotatable bonds is 15. The number of anilines is 1. The van der Waals surface area contributed by atoms with Crippen LogP contribution in [0.1, 0.15) is 67.1 Å². The Balaban J connectivity index is 0.000000257. The molecule has 0 saturated carbocycles. The van der Waals surface area contributed by atoms with Crippen LogP contribution in [0.15, 0.2) is 42.5 Å². The number of nitrogens with one attached hydrogen (secondary N) is 2. The highest BCUT2D eigenvalue weighted by molar-refractivity contribution is 9.08. The maximum absolute atomic E-state index is 11.0. The fourth-order valence-electron chi connectivity index (χ4n) is 6.34. The number of alkyl halides is 1. The zero-order valence-electron chi connectivity index (χ0n) is 45.3. The van der Waals surface area contributed by atoms with E-state index >= 15 is 0 Å². The van der Waals surface area contributed by atoms with E-state index in [4.69, 9.17) is 15.9 Å². The van der Waals surface area contributed by atoms with Gasteiger partial charge in [0.15, 0.2) is 17.1 Å². The standard InChI is InChI=1S/C8H12N4O2.C8H14N4.C6H7N3O4.C5H6BrN3O2.C5H5N3O4.C5H7N3O3.C4H3N3O4/c1-10-7(6-11-3-2-4-11)5-8(9-10)12(13)14;1-11-7(5-8(9)10-11)6-12-3-2-4-12;1-8-4(6(10)13-2)3-5(7-8)9(11)12;1-8-4(3-6)2-5(7-8)9(10)11;1-12-5(9)3-2-4(7-6-3)8(10)11;1-7-4(3-9)2-5(6-7)8(10)11;8-4(9)2-1-3(6-5-2)7(10)11/h5H,2-4,6H2,1H3;5H,2-4,6H2,1H3,(H2,9,10);3H,1-2H3;2H,3H2,1H3;2H,1H3,(H,6,7);2,9H,3H2,1H3;1H,(H,5,6)(H,8,9). The first-order valence-corrected chi connectivity index (χ1v) is 24.6. The number of halogens is 1. The molecule has 0 aliphatic carbocycles. The SMILES string of the molecule is COC(=O)c1cc([N+](=O)[O-])[nH]n1.COC(=O)c1cc([N+](=O)[O-])nn1C.Cn1nc(N)cc1CN1CCC1.Cn1nc([N+](=O)[O-])cc1CBr.Cn1nc([N+](=O)[O-])cc1CN1CCC1.Cn1nc([N+](=O)[O-])cc1CO.O=C(O)c1cc([N+](=O)[O-])[nH]n1. The van der Waals surface area contributed by atoms with Crippen LogP contribution in [0.5, 0.6) is 0 Å². The lowest BCUT2D eigenvalue weighted by Crippen LogP contribution is -2.36. The molecule has 42 nitrogen and oxygen atoms in total. The first-order valence-electron chi connectivity index (χ1n) is 23.4. The molecule has 0 spiro atoms. The molecule has 7 aromatic rings. The van der Waals surface area contributed by atoms with Gasteiger partial charge in [-0.05, 0) is 68.6 Å². The van der Waals surface area contributed by atoms with E-state index < -0.39 is 53.3 Å². The zero-order valence-corrected chi connectivity index (χ0v) is 46.9. The summed E-state index contributed by atoms with van der Waals surface area (Å²) in [6.07, 6.45) is 2.55. The molecule has 9 rings (SSSR count). The van der Waals surface area contributed by atoms with Crippen molar-refractivity contribution in [2.24, 2.45) is 35.2 Å². The first kappa shape index (κ1) is 67.7. The molecular formula is C41H54BrN23O19. The zero-order chi connectivity index (χ0) is 63.1. The third-order valence-electron chi connectivity index (χ3n) is 11.0. The summed E-state index contributed by atoms with van der Waals surface area (Å²) in [6.45, 7) is 6.10. The summed E-state index contributed by atoms with van der Waals surface area (Å²) in [4.78, 5) is 93.9. The van der Waals surface area contributed by atoms with E-state index in [0.29, 0.717) is 16.8 Å². The van der Waals surface area contributed by atoms with E-state index in [1.807, 2.05) is 22.9 Å². The van der Waals surface area contributed by atoms with Crippen molar-refractivity contribution in [3.05, 3.63) is 143 Å². The van der Waals surface area contributed by atoms with Gasteiger partial charge < -0.3 is 86.1 Å². The van der Waals surface area contributed by atoms with Crippen molar-refractivity contribution >= 4 is 74.6 Å². The summed E-state index contributed by atoms with van der Waals surface area (Å²) in [7, 11) is 10.7. The smallest absolute Gasteiger partial charge is 0.390 e. The van der Waals surface area contributed by atoms with E-state index in [-0.39, 0.29) is 52.8 Å². The predicted molar refractivity (Wildman–Crippen MR) is 286 cm³/mol. The highest BCUT2D eigenvalue weighted by Gasteiger charge is 2.23. The molecule has 454 valence electrons. The average molecular weight is 1250 g/mol. The van der Waals surface area contributed by atoms with Gasteiger partial charge in [-0.2, -0.15) is 23.8 Å². The fraction of sp³-hybridized carbons (Fsp3) is 0.415. The number of nitrogen functional groups attached to an aromatic ring is 1. The number of esters is 2. The summed E-state index contributed by atoms with van der Waals surface area (Å²) < 4.78 is 16.0. The van der Waals surface area contributed by atoms with Gasteiger partial charge in [-0.3, -0.25) is 14.5 Å². The molecule has 0 aromatic carbocycles. The number of ether oxygens (including phenoxy) is 2. The van der Waals surface area contributed by atoms with Crippen LogP contribution >= 0.6 is 15.9 Å². The predicted octanol–water partition coefficient (Wildman–Crippen LogP) is 2.02. The number of likely N-dealkylation sites (tertiary alicyclic amines) is 2. The van der Waals surface area contributed by atoms with Gasteiger partial charge in [0.05, 0.1) is 129 Å². The molecule has 84 heavy (non-hydrogen) atoms. The Bertz CT molecular complexity index is 3330. The number of hydrogen-bond donors (Lipinski definition) is 5. The number of aliphatic hydroxyl groups excluding tert-OH is 1. The monoisotopic (exact) mass is 1250 g/mol. The number of nitrogens with zero attached hydrogens (tertiary/aromatic N) is 20. The first-order chi connectivity index (χ1) is 39.5. The Hall–Kier alpha value is -10.6. The quantitative estimate of drug-likeness (QED) is 0.0424. The Morgan fingerprint density at radius 1 is 0.548 bits per heavy atom. The number of aromatic nitrogens is 14. The van der Waals surface area contributed by atoms with Crippen LogP contribution in [0.25, 0.3) is 0 Å². The number of carboxylic acids is 1. The number of H-pyrrole nitrogens is 2. The minimum Gasteiger partial charge on any atom is -0.476 e. The van der Waals surface area contributed by atoms with Crippen LogP contribution in [0.2, 0.25) is 0 Å². The Labute approximate surface area is 478 Å². The molecule has 2 aliphatic heterocycles. The molecule has 0 unspecified atom stereocenters. The van der Waals surface area contributed by atoms with E-state index in [1.165, 1.54) is 74.4 Å². The van der Waals surface area contributed by atoms with Gasteiger partial charge in [0.25, 0.3) is 0 Å². The van der Waals surface area contributed by atoms with Gasteiger partial charge in [0.1, 0.15) is 5.82 Å². The molecule has 9 heterocycles. The van der Waals surface area contributed by atoms with Gasteiger partial charge in [-0.25, -0.2) is 14.4 Å². The number of carbonyl (C=O) groups is 3. The Kier molecular flexibility index (Phi) is 25.8. The van der Waals surface area contributed by atoms with Crippen LogP contribution < -0.4 is 5.73 Å². The third-order valence-corrected chi connectivity index (χ3v) is 11.6. The lowest BCUT2D eigenvalue weighted by atomic mass is 10.2. The lowest BCUT2D eigenvalue weighted by molar-refractivity contribution is -0.389. The maximum Gasteiger partial charge on any atom is 0.390 e. The molecule has 6 N–H and O–H groups in total. The maximum atomic E-state index is 11.0. The van der Waals surface area contributed by atoms with Gasteiger partial charge in [-0.15, -0.1) is 10.2 Å². The Morgan fingerprint density at radius 2 is 0.917 bits per heavy atom. The summed E-state index contributed by atoms with van der Waals surface area (Å²) in [5, 5.41) is 108. The van der Waals surface area contributed by atoms with Crippen LogP contribution in [0.4, 0.5) is 40.7 Å².